The van der Waals surface area contributed by atoms with E-state index in [1.807, 2.05) is 20.8 Å². The van der Waals surface area contributed by atoms with Crippen LogP contribution in [-0.4, -0.2) is 35.7 Å². The monoisotopic (exact) mass is 259 g/mol. The Morgan fingerprint density at radius 2 is 1.72 bits per heavy atom. The molecule has 1 unspecified atom stereocenters. The summed E-state index contributed by atoms with van der Waals surface area (Å²) in [4.78, 5) is 23.1. The first-order valence-corrected chi connectivity index (χ1v) is 6.15. The van der Waals surface area contributed by atoms with Crippen molar-refractivity contribution >= 4 is 11.9 Å². The average molecular weight is 259 g/mol. The Morgan fingerprint density at radius 1 is 1.22 bits per heavy atom. The number of nitrogens with one attached hydrogen (secondary N) is 1. The summed E-state index contributed by atoms with van der Waals surface area (Å²) < 4.78 is 5.44. The van der Waals surface area contributed by atoms with Gasteiger partial charge in [-0.25, -0.2) is 0 Å². The molecule has 0 spiro atoms. The first-order valence-electron chi connectivity index (χ1n) is 6.15. The third kappa shape index (κ3) is 5.49. The smallest absolute Gasteiger partial charge is 0.316 e. The number of amides is 1. The Hall–Kier alpha value is -1.10. The molecule has 0 radical (unpaired) electrons. The molecule has 2 N–H and O–H groups in total. The molecule has 1 amide bonds. The van der Waals surface area contributed by atoms with E-state index in [9.17, 15) is 9.59 Å². The van der Waals surface area contributed by atoms with Gasteiger partial charge in [-0.2, -0.15) is 0 Å². The van der Waals surface area contributed by atoms with Gasteiger partial charge < -0.3 is 15.2 Å². The highest BCUT2D eigenvalue weighted by Crippen LogP contribution is 2.26. The molecule has 0 aliphatic rings. The standard InChI is InChI=1S/C13H25NO4/c1-7-18-13(5,6)8-14-10(15)9(11(16)17)12(2,3)4/h9H,7-8H2,1-6H3,(H,14,15)(H,16,17). The van der Waals surface area contributed by atoms with Gasteiger partial charge in [-0.1, -0.05) is 20.8 Å². The molecule has 0 bridgehead atoms. The Bertz CT molecular complexity index is 305. The van der Waals surface area contributed by atoms with Crippen molar-refractivity contribution in [3.05, 3.63) is 0 Å². The topological polar surface area (TPSA) is 75.6 Å². The summed E-state index contributed by atoms with van der Waals surface area (Å²) in [6, 6.07) is 0. The van der Waals surface area contributed by atoms with Crippen molar-refractivity contribution < 1.29 is 19.4 Å². The molecule has 0 rings (SSSR count). The van der Waals surface area contributed by atoms with Crippen molar-refractivity contribution in [2.75, 3.05) is 13.2 Å². The van der Waals surface area contributed by atoms with Crippen LogP contribution in [0.2, 0.25) is 0 Å². The summed E-state index contributed by atoms with van der Waals surface area (Å²) in [5.74, 6) is -2.63. The van der Waals surface area contributed by atoms with Crippen LogP contribution in [0.3, 0.4) is 0 Å². The van der Waals surface area contributed by atoms with Crippen molar-refractivity contribution in [3.63, 3.8) is 0 Å². The summed E-state index contributed by atoms with van der Waals surface area (Å²) in [6.45, 7) is 11.6. The summed E-state index contributed by atoms with van der Waals surface area (Å²) >= 11 is 0. The molecule has 1 atom stereocenters. The molecule has 0 saturated heterocycles. The zero-order valence-electron chi connectivity index (χ0n) is 12.2. The maximum atomic E-state index is 11.9. The van der Waals surface area contributed by atoms with E-state index in [1.54, 1.807) is 20.8 Å². The number of rotatable bonds is 6. The van der Waals surface area contributed by atoms with Crippen LogP contribution in [-0.2, 0) is 14.3 Å². The van der Waals surface area contributed by atoms with Crippen LogP contribution >= 0.6 is 0 Å². The van der Waals surface area contributed by atoms with Crippen molar-refractivity contribution in [2.24, 2.45) is 11.3 Å². The van der Waals surface area contributed by atoms with E-state index < -0.39 is 28.8 Å². The van der Waals surface area contributed by atoms with Crippen molar-refractivity contribution in [3.8, 4) is 0 Å². The number of carboxylic acid groups (broad SMARTS) is 1. The molecule has 0 aromatic carbocycles. The number of aliphatic carboxylic acids is 1. The van der Waals surface area contributed by atoms with Gasteiger partial charge in [0.25, 0.3) is 0 Å². The number of carbonyl (C=O) groups is 2. The minimum absolute atomic E-state index is 0.291. The fraction of sp³-hybridized carbons (Fsp3) is 0.846. The van der Waals surface area contributed by atoms with Crippen molar-refractivity contribution in [1.82, 2.24) is 5.32 Å². The zero-order chi connectivity index (χ0) is 14.6. The highest BCUT2D eigenvalue weighted by molar-refractivity contribution is 5.97. The lowest BCUT2D eigenvalue weighted by Crippen LogP contribution is -2.47. The van der Waals surface area contributed by atoms with Crippen molar-refractivity contribution in [1.29, 1.82) is 0 Å². The number of carbonyl (C=O) groups excluding carboxylic acids is 1. The minimum Gasteiger partial charge on any atom is -0.481 e. The number of ether oxygens (including phenoxy) is 1. The Balaban J connectivity index is 4.60. The van der Waals surface area contributed by atoms with E-state index in [0.29, 0.717) is 13.2 Å². The van der Waals surface area contributed by atoms with Crippen LogP contribution in [0.4, 0.5) is 0 Å². The van der Waals surface area contributed by atoms with Crippen LogP contribution in [0, 0.1) is 11.3 Å². The molecule has 0 fully saturated rings. The van der Waals surface area contributed by atoms with Gasteiger partial charge in [0, 0.05) is 13.2 Å². The second-order valence-corrected chi connectivity index (χ2v) is 6.05. The van der Waals surface area contributed by atoms with E-state index in [-0.39, 0.29) is 0 Å². The van der Waals surface area contributed by atoms with Gasteiger partial charge in [-0.15, -0.1) is 0 Å². The first kappa shape index (κ1) is 16.9. The van der Waals surface area contributed by atoms with Gasteiger partial charge in [0.15, 0.2) is 0 Å². The van der Waals surface area contributed by atoms with Gasteiger partial charge >= 0.3 is 5.97 Å². The second-order valence-electron chi connectivity index (χ2n) is 6.05. The fourth-order valence-corrected chi connectivity index (χ4v) is 1.72. The largest absolute Gasteiger partial charge is 0.481 e. The highest BCUT2D eigenvalue weighted by Gasteiger charge is 2.38. The normalized spacial score (nSPS) is 14.1. The second kappa shape index (κ2) is 6.18. The molecule has 18 heavy (non-hydrogen) atoms. The molecule has 0 aromatic rings. The Kier molecular flexibility index (Phi) is 5.80. The molecule has 0 heterocycles. The third-order valence-corrected chi connectivity index (χ3v) is 2.60. The van der Waals surface area contributed by atoms with E-state index >= 15 is 0 Å². The number of hydrogen-bond donors (Lipinski definition) is 2. The van der Waals surface area contributed by atoms with E-state index in [0.717, 1.165) is 0 Å². The molecule has 0 aliphatic heterocycles. The molecule has 106 valence electrons. The number of carboxylic acids is 1. The Labute approximate surface area is 109 Å². The van der Waals surface area contributed by atoms with Crippen LogP contribution in [0.15, 0.2) is 0 Å². The van der Waals surface area contributed by atoms with Gasteiger partial charge in [0.05, 0.1) is 5.60 Å². The predicted molar refractivity (Wildman–Crippen MR) is 69.3 cm³/mol. The molecule has 0 saturated carbocycles. The minimum atomic E-state index is -1.10. The molecule has 5 heteroatoms. The van der Waals surface area contributed by atoms with Gasteiger partial charge in [0.2, 0.25) is 5.91 Å². The average Bonchev–Trinajstić information content (AvgIpc) is 2.11. The molecular formula is C13H25NO4. The maximum absolute atomic E-state index is 11.9. The summed E-state index contributed by atoms with van der Waals surface area (Å²) in [6.07, 6.45) is 0. The van der Waals surface area contributed by atoms with E-state index in [4.69, 9.17) is 9.84 Å². The fourth-order valence-electron chi connectivity index (χ4n) is 1.72. The lowest BCUT2D eigenvalue weighted by atomic mass is 9.80. The SMILES string of the molecule is CCOC(C)(C)CNC(=O)C(C(=O)O)C(C)(C)C. The third-order valence-electron chi connectivity index (χ3n) is 2.60. The highest BCUT2D eigenvalue weighted by atomic mass is 16.5. The van der Waals surface area contributed by atoms with Gasteiger partial charge in [-0.3, -0.25) is 9.59 Å². The number of hydrogen-bond acceptors (Lipinski definition) is 3. The lowest BCUT2D eigenvalue weighted by molar-refractivity contribution is -0.152. The quantitative estimate of drug-likeness (QED) is 0.711. The molecular weight excluding hydrogens is 234 g/mol. The summed E-state index contributed by atoms with van der Waals surface area (Å²) in [7, 11) is 0. The van der Waals surface area contributed by atoms with Crippen LogP contribution in [0.5, 0.6) is 0 Å². The molecule has 0 aromatic heterocycles. The van der Waals surface area contributed by atoms with Crippen LogP contribution in [0.1, 0.15) is 41.5 Å². The Morgan fingerprint density at radius 3 is 2.06 bits per heavy atom. The maximum Gasteiger partial charge on any atom is 0.316 e. The van der Waals surface area contributed by atoms with Gasteiger partial charge in [0.1, 0.15) is 5.92 Å². The predicted octanol–water partition coefficient (Wildman–Crippen LogP) is 1.66. The summed E-state index contributed by atoms with van der Waals surface area (Å²) in [5, 5.41) is 11.8. The van der Waals surface area contributed by atoms with Crippen molar-refractivity contribution in [2.45, 2.75) is 47.1 Å². The van der Waals surface area contributed by atoms with E-state index in [2.05, 4.69) is 5.32 Å². The molecule has 0 aliphatic carbocycles. The van der Waals surface area contributed by atoms with Crippen LogP contribution in [0.25, 0.3) is 0 Å². The van der Waals surface area contributed by atoms with Gasteiger partial charge in [-0.05, 0) is 26.2 Å². The van der Waals surface area contributed by atoms with E-state index in [1.165, 1.54) is 0 Å². The first-order chi connectivity index (χ1) is 8.01. The summed E-state index contributed by atoms with van der Waals surface area (Å²) in [5.41, 5.74) is -1.11. The lowest BCUT2D eigenvalue weighted by Gasteiger charge is -2.29. The zero-order valence-corrected chi connectivity index (χ0v) is 12.2. The molecule has 5 nitrogen and oxygen atoms in total. The van der Waals surface area contributed by atoms with Crippen LogP contribution < -0.4 is 5.32 Å².